The Balaban J connectivity index is 2.47. The molecule has 0 saturated carbocycles. The summed E-state index contributed by atoms with van der Waals surface area (Å²) in [6.45, 7) is 2.00. The molecule has 11 heavy (non-hydrogen) atoms. The highest BCUT2D eigenvalue weighted by Gasteiger charge is 2.26. The maximum absolute atomic E-state index is 9.59. The number of aliphatic hydroxyl groups excluding tert-OH is 1. The van der Waals surface area contributed by atoms with Crippen LogP contribution in [-0.4, -0.2) is 61.3 Å². The maximum Gasteiger partial charge on any atom is 0.0719 e. The Morgan fingerprint density at radius 1 is 1.45 bits per heavy atom. The molecule has 0 aromatic heterocycles. The molecule has 0 radical (unpaired) electrons. The fourth-order valence-electron chi connectivity index (χ4n) is 1.58. The fourth-order valence-corrected chi connectivity index (χ4v) is 1.58. The Morgan fingerprint density at radius 3 is 2.55 bits per heavy atom. The first-order valence-corrected chi connectivity index (χ1v) is 4.14. The van der Waals surface area contributed by atoms with Crippen LogP contribution >= 0.6 is 0 Å². The second kappa shape index (κ2) is 3.52. The van der Waals surface area contributed by atoms with Crippen molar-refractivity contribution in [3.05, 3.63) is 0 Å². The zero-order valence-corrected chi connectivity index (χ0v) is 7.62. The molecule has 1 aliphatic heterocycles. The van der Waals surface area contributed by atoms with Crippen molar-refractivity contribution in [3.8, 4) is 0 Å². The van der Waals surface area contributed by atoms with E-state index in [2.05, 4.69) is 16.8 Å². The van der Waals surface area contributed by atoms with Gasteiger partial charge in [-0.2, -0.15) is 0 Å². The third kappa shape index (κ3) is 2.15. The molecule has 0 amide bonds. The number of nitrogens with zero attached hydrogens (tertiary/aromatic N) is 2. The minimum atomic E-state index is -0.138. The maximum atomic E-state index is 9.59. The first kappa shape index (κ1) is 8.97. The lowest BCUT2D eigenvalue weighted by Crippen LogP contribution is -2.51. The van der Waals surface area contributed by atoms with Gasteiger partial charge < -0.3 is 14.9 Å². The first-order valence-electron chi connectivity index (χ1n) is 4.14. The summed E-state index contributed by atoms with van der Waals surface area (Å²) in [6, 6.07) is 0.314. The van der Waals surface area contributed by atoms with Crippen molar-refractivity contribution >= 4 is 0 Å². The van der Waals surface area contributed by atoms with Crippen LogP contribution in [0.3, 0.4) is 0 Å². The highest BCUT2D eigenvalue weighted by molar-refractivity contribution is 4.83. The second-order valence-corrected chi connectivity index (χ2v) is 3.65. The van der Waals surface area contributed by atoms with E-state index in [0.29, 0.717) is 6.04 Å². The highest BCUT2D eigenvalue weighted by Crippen LogP contribution is 2.12. The normalized spacial score (nSPS) is 34.6. The number of likely N-dealkylation sites (tertiary alicyclic amines) is 1. The summed E-state index contributed by atoms with van der Waals surface area (Å²) in [7, 11) is 6.14. The van der Waals surface area contributed by atoms with Gasteiger partial charge in [0.2, 0.25) is 0 Å². The molecule has 0 aromatic carbocycles. The molecule has 1 N–H and O–H groups in total. The van der Waals surface area contributed by atoms with E-state index in [-0.39, 0.29) is 6.10 Å². The summed E-state index contributed by atoms with van der Waals surface area (Å²) in [6.07, 6.45) is 0.764. The summed E-state index contributed by atoms with van der Waals surface area (Å²) < 4.78 is 0. The number of piperidine rings is 1. The second-order valence-electron chi connectivity index (χ2n) is 3.65. The van der Waals surface area contributed by atoms with Crippen molar-refractivity contribution in [2.75, 3.05) is 34.2 Å². The van der Waals surface area contributed by atoms with E-state index in [1.54, 1.807) is 0 Å². The molecule has 3 heteroatoms. The lowest BCUT2D eigenvalue weighted by atomic mass is 10.0. The minimum Gasteiger partial charge on any atom is -0.391 e. The molecular weight excluding hydrogens is 140 g/mol. The van der Waals surface area contributed by atoms with E-state index < -0.39 is 0 Å². The van der Waals surface area contributed by atoms with Gasteiger partial charge in [-0.3, -0.25) is 0 Å². The average molecular weight is 158 g/mol. The number of rotatable bonds is 1. The van der Waals surface area contributed by atoms with Gasteiger partial charge in [-0.15, -0.1) is 0 Å². The molecule has 1 rings (SSSR count). The molecular formula is C8H18N2O. The van der Waals surface area contributed by atoms with E-state index in [1.807, 2.05) is 14.1 Å². The van der Waals surface area contributed by atoms with E-state index in [9.17, 15) is 5.11 Å². The Hall–Kier alpha value is -0.120. The molecule has 0 aromatic rings. The van der Waals surface area contributed by atoms with Gasteiger partial charge in [0.15, 0.2) is 0 Å². The minimum absolute atomic E-state index is 0.138. The number of likely N-dealkylation sites (N-methyl/N-ethyl adjacent to an activating group) is 2. The molecule has 2 atom stereocenters. The van der Waals surface area contributed by atoms with Crippen molar-refractivity contribution in [1.29, 1.82) is 0 Å². The third-order valence-electron chi connectivity index (χ3n) is 2.41. The van der Waals surface area contributed by atoms with Crippen molar-refractivity contribution in [1.82, 2.24) is 9.80 Å². The highest BCUT2D eigenvalue weighted by atomic mass is 16.3. The molecule has 0 bridgehead atoms. The molecule has 1 saturated heterocycles. The quantitative estimate of drug-likeness (QED) is 0.563. The van der Waals surface area contributed by atoms with Crippen molar-refractivity contribution in [2.24, 2.45) is 0 Å². The molecule has 0 spiro atoms. The van der Waals surface area contributed by atoms with Gasteiger partial charge in [0.25, 0.3) is 0 Å². The summed E-state index contributed by atoms with van der Waals surface area (Å²) in [5, 5.41) is 9.59. The van der Waals surface area contributed by atoms with E-state index in [1.165, 1.54) is 0 Å². The van der Waals surface area contributed by atoms with Gasteiger partial charge in [-0.05, 0) is 27.6 Å². The standard InChI is InChI=1S/C8H18N2O/c1-9(2)7-6-10(3)5-4-8(7)11/h7-8,11H,4-6H2,1-3H3. The lowest BCUT2D eigenvalue weighted by molar-refractivity contribution is 0.0152. The van der Waals surface area contributed by atoms with Gasteiger partial charge in [0.05, 0.1) is 6.10 Å². The summed E-state index contributed by atoms with van der Waals surface area (Å²) in [5.41, 5.74) is 0. The smallest absolute Gasteiger partial charge is 0.0719 e. The van der Waals surface area contributed by atoms with Crippen LogP contribution in [0.15, 0.2) is 0 Å². The lowest BCUT2D eigenvalue weighted by Gasteiger charge is -2.37. The SMILES string of the molecule is CN1CCC(O)C(N(C)C)C1. The Morgan fingerprint density at radius 2 is 2.09 bits per heavy atom. The Kier molecular flexibility index (Phi) is 2.87. The van der Waals surface area contributed by atoms with Gasteiger partial charge in [0, 0.05) is 19.1 Å². The zero-order chi connectivity index (χ0) is 8.43. The van der Waals surface area contributed by atoms with Crippen molar-refractivity contribution in [3.63, 3.8) is 0 Å². The van der Waals surface area contributed by atoms with Crippen LogP contribution in [0.25, 0.3) is 0 Å². The van der Waals surface area contributed by atoms with Crippen LogP contribution in [0.2, 0.25) is 0 Å². The predicted octanol–water partition coefficient (Wildman–Crippen LogP) is -0.387. The summed E-state index contributed by atoms with van der Waals surface area (Å²) in [5.74, 6) is 0. The van der Waals surface area contributed by atoms with Gasteiger partial charge >= 0.3 is 0 Å². The van der Waals surface area contributed by atoms with Gasteiger partial charge in [-0.25, -0.2) is 0 Å². The van der Waals surface area contributed by atoms with E-state index in [4.69, 9.17) is 0 Å². The Labute approximate surface area is 68.6 Å². The van der Waals surface area contributed by atoms with E-state index in [0.717, 1.165) is 19.5 Å². The number of hydrogen-bond acceptors (Lipinski definition) is 3. The first-order chi connectivity index (χ1) is 5.11. The average Bonchev–Trinajstić information content (AvgIpc) is 1.94. The van der Waals surface area contributed by atoms with Gasteiger partial charge in [-0.1, -0.05) is 0 Å². The largest absolute Gasteiger partial charge is 0.391 e. The summed E-state index contributed by atoms with van der Waals surface area (Å²) >= 11 is 0. The topological polar surface area (TPSA) is 26.7 Å². The molecule has 1 fully saturated rings. The zero-order valence-electron chi connectivity index (χ0n) is 7.62. The molecule has 1 heterocycles. The number of hydrogen-bond donors (Lipinski definition) is 1. The summed E-state index contributed by atoms with van der Waals surface area (Å²) in [4.78, 5) is 4.36. The number of aliphatic hydroxyl groups is 1. The molecule has 3 nitrogen and oxygen atoms in total. The van der Waals surface area contributed by atoms with Crippen LogP contribution in [0.5, 0.6) is 0 Å². The van der Waals surface area contributed by atoms with Gasteiger partial charge in [0.1, 0.15) is 0 Å². The third-order valence-corrected chi connectivity index (χ3v) is 2.41. The van der Waals surface area contributed by atoms with Crippen LogP contribution in [-0.2, 0) is 0 Å². The Bertz CT molecular complexity index is 127. The van der Waals surface area contributed by atoms with Crippen LogP contribution < -0.4 is 0 Å². The molecule has 1 aliphatic rings. The molecule has 0 aliphatic carbocycles. The predicted molar refractivity (Wildman–Crippen MR) is 45.6 cm³/mol. The molecule has 66 valence electrons. The van der Waals surface area contributed by atoms with E-state index >= 15 is 0 Å². The van der Waals surface area contributed by atoms with Crippen LogP contribution in [0.4, 0.5) is 0 Å². The monoisotopic (exact) mass is 158 g/mol. The molecule has 2 unspecified atom stereocenters. The van der Waals surface area contributed by atoms with Crippen molar-refractivity contribution in [2.45, 2.75) is 18.6 Å². The van der Waals surface area contributed by atoms with Crippen LogP contribution in [0, 0.1) is 0 Å². The van der Waals surface area contributed by atoms with Crippen LogP contribution in [0.1, 0.15) is 6.42 Å². The van der Waals surface area contributed by atoms with Crippen molar-refractivity contribution < 1.29 is 5.11 Å². The fraction of sp³-hybridized carbons (Fsp3) is 1.00.